The van der Waals surface area contributed by atoms with E-state index in [1.165, 1.54) is 11.8 Å². The molecule has 10 heteroatoms. The highest BCUT2D eigenvalue weighted by atomic mass is 79.9. The number of nitrogens with one attached hydrogen (secondary N) is 1. The minimum atomic E-state index is -1.32. The van der Waals surface area contributed by atoms with E-state index < -0.39 is 24.0 Å². The molecule has 38 heavy (non-hydrogen) atoms. The van der Waals surface area contributed by atoms with Crippen LogP contribution in [0.2, 0.25) is 5.02 Å². The van der Waals surface area contributed by atoms with Crippen molar-refractivity contribution in [2.24, 2.45) is 0 Å². The van der Waals surface area contributed by atoms with Crippen molar-refractivity contribution in [3.63, 3.8) is 0 Å². The zero-order valence-corrected chi connectivity index (χ0v) is 22.7. The van der Waals surface area contributed by atoms with Gasteiger partial charge < -0.3 is 14.8 Å². The Bertz CT molecular complexity index is 1570. The number of aromatic nitrogens is 2. The van der Waals surface area contributed by atoms with E-state index in [0.717, 1.165) is 11.1 Å². The van der Waals surface area contributed by atoms with Crippen molar-refractivity contribution in [1.82, 2.24) is 14.5 Å². The predicted octanol–water partition coefficient (Wildman–Crippen LogP) is 5.90. The van der Waals surface area contributed by atoms with E-state index in [1.54, 1.807) is 35.0 Å². The van der Waals surface area contributed by atoms with Gasteiger partial charge in [-0.2, -0.15) is 0 Å². The van der Waals surface area contributed by atoms with Gasteiger partial charge in [-0.25, -0.2) is 9.37 Å². The van der Waals surface area contributed by atoms with Crippen molar-refractivity contribution in [2.75, 3.05) is 11.9 Å². The van der Waals surface area contributed by atoms with Crippen LogP contribution in [0.5, 0.6) is 0 Å². The second kappa shape index (κ2) is 10.7. The van der Waals surface area contributed by atoms with Crippen LogP contribution in [0.4, 0.5) is 10.2 Å². The molecule has 1 aliphatic heterocycles. The molecule has 0 saturated carbocycles. The Balaban J connectivity index is 1.42. The van der Waals surface area contributed by atoms with E-state index >= 15 is 0 Å². The number of rotatable bonds is 6. The third-order valence-corrected chi connectivity index (χ3v) is 7.36. The van der Waals surface area contributed by atoms with Gasteiger partial charge in [-0.3, -0.25) is 14.4 Å². The number of likely N-dealkylation sites (tertiary alicyclic amines) is 1. The quantitative estimate of drug-likeness (QED) is 0.222. The molecule has 0 bridgehead atoms. The molecule has 1 fully saturated rings. The van der Waals surface area contributed by atoms with E-state index in [2.05, 4.69) is 26.2 Å². The number of fused-ring (bicyclic) bond motifs is 1. The lowest BCUT2D eigenvalue weighted by atomic mass is 10.0. The fourth-order valence-corrected chi connectivity index (χ4v) is 5.39. The number of amides is 2. The molecule has 2 amide bonds. The molecular weight excluding hydrogens is 575 g/mol. The molecule has 2 atom stereocenters. The summed E-state index contributed by atoms with van der Waals surface area (Å²) in [5.41, 5.74) is 2.80. The van der Waals surface area contributed by atoms with Crippen LogP contribution in [0.1, 0.15) is 23.7 Å². The molecule has 194 valence electrons. The first-order valence-electron chi connectivity index (χ1n) is 12.0. The van der Waals surface area contributed by atoms with Crippen molar-refractivity contribution in [3.05, 3.63) is 82.0 Å². The Morgan fingerprint density at radius 3 is 2.66 bits per heavy atom. The molecule has 2 aromatic heterocycles. The van der Waals surface area contributed by atoms with Crippen LogP contribution in [0, 0.1) is 0 Å². The lowest BCUT2D eigenvalue weighted by molar-refractivity contribution is -0.137. The molecule has 5 rings (SSSR count). The second-order valence-corrected chi connectivity index (χ2v) is 10.4. The number of pyridine rings is 1. The van der Waals surface area contributed by atoms with E-state index in [-0.39, 0.29) is 25.3 Å². The maximum atomic E-state index is 14.4. The number of carbonyl (C=O) groups is 3. The fourth-order valence-electron chi connectivity index (χ4n) is 4.80. The molecular formula is C28H23BrClFN4O3. The fraction of sp³-hybridized carbons (Fsp3) is 0.214. The number of halogens is 3. The molecule has 1 aliphatic rings. The number of hydrogen-bond acceptors (Lipinski definition) is 4. The minimum Gasteiger partial charge on any atom is -0.337 e. The summed E-state index contributed by atoms with van der Waals surface area (Å²) in [6, 6.07) is 17.1. The zero-order chi connectivity index (χ0) is 27.0. The van der Waals surface area contributed by atoms with Gasteiger partial charge in [0, 0.05) is 39.7 Å². The highest BCUT2D eigenvalue weighted by Gasteiger charge is 2.40. The maximum Gasteiger partial charge on any atom is 0.248 e. The second-order valence-electron chi connectivity index (χ2n) is 9.17. The van der Waals surface area contributed by atoms with Crippen molar-refractivity contribution in [2.45, 2.75) is 32.1 Å². The Labute approximate surface area is 231 Å². The first-order chi connectivity index (χ1) is 18.2. The SMILES string of the molecule is CC(=O)c1cn(CC(=O)N2C[C@H](F)C[C@H]2C(=O)Nc2cccc(Br)n2)c2ccc(-c3ccccc3Cl)cc12. The van der Waals surface area contributed by atoms with Gasteiger partial charge in [0.05, 0.1) is 6.54 Å². The number of ketones is 1. The summed E-state index contributed by atoms with van der Waals surface area (Å²) in [7, 11) is 0. The number of nitrogens with zero attached hydrogens (tertiary/aromatic N) is 3. The number of benzene rings is 2. The molecule has 0 unspecified atom stereocenters. The smallest absolute Gasteiger partial charge is 0.248 e. The van der Waals surface area contributed by atoms with Crippen LogP contribution in [-0.2, 0) is 16.1 Å². The van der Waals surface area contributed by atoms with Crippen LogP contribution in [-0.4, -0.2) is 50.8 Å². The van der Waals surface area contributed by atoms with Gasteiger partial charge >= 0.3 is 0 Å². The standard InChI is InChI=1S/C28H23BrClFN4O3/c1-16(36)21-14-34(23-10-9-17(11-20(21)23)19-5-2-3-6-22(19)30)15-27(37)35-13-18(31)12-24(35)28(38)33-26-8-4-7-25(29)32-26/h2-11,14,18,24H,12-13,15H2,1H3,(H,32,33,38)/t18-,24+/m1/s1. The van der Waals surface area contributed by atoms with Gasteiger partial charge in [0.15, 0.2) is 5.78 Å². The van der Waals surface area contributed by atoms with Crippen LogP contribution in [0.3, 0.4) is 0 Å². The Kier molecular flexibility index (Phi) is 7.32. The summed E-state index contributed by atoms with van der Waals surface area (Å²) in [5, 5.41) is 3.94. The zero-order valence-electron chi connectivity index (χ0n) is 20.3. The highest BCUT2D eigenvalue weighted by molar-refractivity contribution is 9.10. The van der Waals surface area contributed by atoms with Gasteiger partial charge in [-0.05, 0) is 58.7 Å². The largest absolute Gasteiger partial charge is 0.337 e. The number of carbonyl (C=O) groups excluding carboxylic acids is 3. The average molecular weight is 598 g/mol. The van der Waals surface area contributed by atoms with Crippen molar-refractivity contribution in [1.29, 1.82) is 0 Å². The van der Waals surface area contributed by atoms with Crippen molar-refractivity contribution in [3.8, 4) is 11.1 Å². The van der Waals surface area contributed by atoms with Gasteiger partial charge in [0.25, 0.3) is 0 Å². The van der Waals surface area contributed by atoms with Gasteiger partial charge in [0.1, 0.15) is 29.2 Å². The van der Waals surface area contributed by atoms with E-state index in [9.17, 15) is 18.8 Å². The van der Waals surface area contributed by atoms with Crippen LogP contribution in [0.15, 0.2) is 71.5 Å². The number of hydrogen-bond donors (Lipinski definition) is 1. The first kappa shape index (κ1) is 26.1. The lowest BCUT2D eigenvalue weighted by Crippen LogP contribution is -2.44. The van der Waals surface area contributed by atoms with Crippen LogP contribution in [0.25, 0.3) is 22.0 Å². The topological polar surface area (TPSA) is 84.3 Å². The van der Waals surface area contributed by atoms with Gasteiger partial charge in [-0.15, -0.1) is 0 Å². The number of anilines is 1. The Morgan fingerprint density at radius 1 is 1.13 bits per heavy atom. The summed E-state index contributed by atoms with van der Waals surface area (Å²) >= 11 is 9.63. The van der Waals surface area contributed by atoms with Gasteiger partial charge in [0.2, 0.25) is 11.8 Å². The normalized spacial score (nSPS) is 17.1. The number of Topliss-reactive ketones (excluding diaryl/α,β-unsaturated/α-hetero) is 1. The van der Waals surface area contributed by atoms with Crippen LogP contribution >= 0.6 is 27.5 Å². The molecule has 2 aromatic carbocycles. The van der Waals surface area contributed by atoms with Crippen molar-refractivity contribution >= 4 is 61.8 Å². The van der Waals surface area contributed by atoms with E-state index in [1.807, 2.05) is 36.4 Å². The predicted molar refractivity (Wildman–Crippen MR) is 148 cm³/mol. The van der Waals surface area contributed by atoms with E-state index in [0.29, 0.717) is 31.9 Å². The highest BCUT2D eigenvalue weighted by Crippen LogP contribution is 2.32. The first-order valence-corrected chi connectivity index (χ1v) is 13.1. The summed E-state index contributed by atoms with van der Waals surface area (Å²) in [6.45, 7) is 1.13. The average Bonchev–Trinajstić information content (AvgIpc) is 3.45. The summed E-state index contributed by atoms with van der Waals surface area (Å²) in [4.78, 5) is 44.2. The van der Waals surface area contributed by atoms with Crippen LogP contribution < -0.4 is 5.32 Å². The molecule has 1 N–H and O–H groups in total. The summed E-state index contributed by atoms with van der Waals surface area (Å²) in [5.74, 6) is -0.776. The monoisotopic (exact) mass is 596 g/mol. The molecule has 0 spiro atoms. The lowest BCUT2D eigenvalue weighted by Gasteiger charge is -2.24. The molecule has 1 saturated heterocycles. The van der Waals surface area contributed by atoms with Gasteiger partial charge in [-0.1, -0.05) is 41.9 Å². The van der Waals surface area contributed by atoms with E-state index in [4.69, 9.17) is 11.6 Å². The molecule has 3 heterocycles. The Morgan fingerprint density at radius 2 is 1.92 bits per heavy atom. The van der Waals surface area contributed by atoms with Crippen molar-refractivity contribution < 1.29 is 18.8 Å². The Hall–Kier alpha value is -3.56. The maximum absolute atomic E-state index is 14.4. The third-order valence-electron chi connectivity index (χ3n) is 6.59. The third kappa shape index (κ3) is 5.21. The molecule has 7 nitrogen and oxygen atoms in total. The number of alkyl halides is 1. The summed E-state index contributed by atoms with van der Waals surface area (Å²) < 4.78 is 16.6. The molecule has 0 aliphatic carbocycles. The molecule has 0 radical (unpaired) electrons. The summed E-state index contributed by atoms with van der Waals surface area (Å²) in [6.07, 6.45) is 0.209. The minimum absolute atomic E-state index is 0.0993. The molecule has 4 aromatic rings.